The first-order chi connectivity index (χ1) is 7.31. The van der Waals surface area contributed by atoms with Crippen LogP contribution in [-0.2, 0) is 6.54 Å². The Hall–Kier alpha value is -0.640. The fraction of sp³-hybridized carbons (Fsp3) is 0.167. The molecule has 0 aliphatic rings. The zero-order valence-electron chi connectivity index (χ0n) is 8.46. The van der Waals surface area contributed by atoms with Gasteiger partial charge in [-0.1, -0.05) is 24.3 Å². The van der Waals surface area contributed by atoms with Gasteiger partial charge in [0.25, 0.3) is 0 Å². The summed E-state index contributed by atoms with van der Waals surface area (Å²) in [7, 11) is 1.96. The first kappa shape index (κ1) is 10.9. The Morgan fingerprint density at radius 2 is 1.93 bits per heavy atom. The van der Waals surface area contributed by atoms with E-state index >= 15 is 0 Å². The maximum Gasteiger partial charge on any atom is 0.0360 e. The number of halogens is 1. The summed E-state index contributed by atoms with van der Waals surface area (Å²) in [5, 5.41) is 7.41. The van der Waals surface area contributed by atoms with Gasteiger partial charge in [0.2, 0.25) is 0 Å². The Balaban J connectivity index is 2.28. The van der Waals surface area contributed by atoms with Crippen LogP contribution in [-0.4, -0.2) is 7.05 Å². The third kappa shape index (κ3) is 2.48. The molecule has 1 heterocycles. The average molecular weight is 282 g/mol. The number of thiophene rings is 1. The summed E-state index contributed by atoms with van der Waals surface area (Å²) in [6.45, 7) is 0.922. The van der Waals surface area contributed by atoms with Crippen molar-refractivity contribution in [1.29, 1.82) is 0 Å². The van der Waals surface area contributed by atoms with Crippen molar-refractivity contribution >= 4 is 27.3 Å². The normalized spacial score (nSPS) is 10.5. The van der Waals surface area contributed by atoms with E-state index in [4.69, 9.17) is 0 Å². The highest BCUT2D eigenvalue weighted by Gasteiger charge is 2.03. The maximum absolute atomic E-state index is 3.55. The number of hydrogen-bond donors (Lipinski definition) is 1. The van der Waals surface area contributed by atoms with E-state index in [9.17, 15) is 0 Å². The van der Waals surface area contributed by atoms with Gasteiger partial charge in [0.15, 0.2) is 0 Å². The van der Waals surface area contributed by atoms with E-state index in [-0.39, 0.29) is 0 Å². The van der Waals surface area contributed by atoms with Crippen LogP contribution in [0.2, 0.25) is 0 Å². The monoisotopic (exact) mass is 281 g/mol. The molecule has 0 amide bonds. The van der Waals surface area contributed by atoms with Gasteiger partial charge in [0, 0.05) is 22.0 Å². The largest absolute Gasteiger partial charge is 0.316 e. The summed E-state index contributed by atoms with van der Waals surface area (Å²) in [6, 6.07) is 8.66. The van der Waals surface area contributed by atoms with Gasteiger partial charge in [-0.3, -0.25) is 0 Å². The highest BCUT2D eigenvalue weighted by Crippen LogP contribution is 2.31. The van der Waals surface area contributed by atoms with E-state index in [0.29, 0.717) is 0 Å². The molecular formula is C12H12BrNS. The fourth-order valence-electron chi connectivity index (χ4n) is 1.49. The predicted octanol–water partition coefficient (Wildman–Crippen LogP) is 3.90. The third-order valence-corrected chi connectivity index (χ3v) is 3.96. The summed E-state index contributed by atoms with van der Waals surface area (Å²) in [5.74, 6) is 0. The number of hydrogen-bond acceptors (Lipinski definition) is 2. The van der Waals surface area contributed by atoms with E-state index in [1.165, 1.54) is 21.2 Å². The summed E-state index contributed by atoms with van der Waals surface area (Å²) in [5.41, 5.74) is 3.85. The molecule has 1 N–H and O–H groups in total. The highest BCUT2D eigenvalue weighted by atomic mass is 79.9. The molecule has 0 bridgehead atoms. The summed E-state index contributed by atoms with van der Waals surface area (Å²) in [6.07, 6.45) is 0. The molecule has 3 heteroatoms. The minimum Gasteiger partial charge on any atom is -0.316 e. The van der Waals surface area contributed by atoms with Crippen molar-refractivity contribution in [2.45, 2.75) is 6.54 Å². The molecule has 0 saturated carbocycles. The van der Waals surface area contributed by atoms with E-state index in [2.05, 4.69) is 56.3 Å². The lowest BCUT2D eigenvalue weighted by Crippen LogP contribution is -2.04. The second-order valence-corrected chi connectivity index (χ2v) is 4.96. The summed E-state index contributed by atoms with van der Waals surface area (Å²) < 4.78 is 1.17. The molecular weight excluding hydrogens is 270 g/mol. The van der Waals surface area contributed by atoms with Crippen LogP contribution >= 0.6 is 27.3 Å². The van der Waals surface area contributed by atoms with Crippen molar-refractivity contribution in [2.75, 3.05) is 7.05 Å². The zero-order chi connectivity index (χ0) is 10.7. The molecule has 2 rings (SSSR count). The van der Waals surface area contributed by atoms with E-state index < -0.39 is 0 Å². The topological polar surface area (TPSA) is 12.0 Å². The van der Waals surface area contributed by atoms with Crippen molar-refractivity contribution in [1.82, 2.24) is 5.32 Å². The van der Waals surface area contributed by atoms with Gasteiger partial charge >= 0.3 is 0 Å². The highest BCUT2D eigenvalue weighted by molar-refractivity contribution is 9.10. The van der Waals surface area contributed by atoms with Crippen LogP contribution in [0, 0.1) is 0 Å². The quantitative estimate of drug-likeness (QED) is 0.900. The number of benzene rings is 1. The summed E-state index contributed by atoms with van der Waals surface area (Å²) >= 11 is 5.27. The van der Waals surface area contributed by atoms with Crippen LogP contribution < -0.4 is 5.32 Å². The van der Waals surface area contributed by atoms with Crippen LogP contribution in [0.15, 0.2) is 39.5 Å². The van der Waals surface area contributed by atoms with E-state index in [1.807, 2.05) is 7.05 Å². The van der Waals surface area contributed by atoms with Gasteiger partial charge in [0.05, 0.1) is 0 Å². The van der Waals surface area contributed by atoms with Gasteiger partial charge in [-0.05, 0) is 39.5 Å². The molecule has 1 aromatic heterocycles. The van der Waals surface area contributed by atoms with Crippen molar-refractivity contribution < 1.29 is 0 Å². The second kappa shape index (κ2) is 4.92. The molecule has 0 atom stereocenters. The van der Waals surface area contributed by atoms with Gasteiger partial charge < -0.3 is 5.32 Å². The summed E-state index contributed by atoms with van der Waals surface area (Å²) in [4.78, 5) is 0. The molecule has 1 nitrogen and oxygen atoms in total. The Bertz CT molecular complexity index is 433. The van der Waals surface area contributed by atoms with Gasteiger partial charge in [-0.15, -0.1) is 0 Å². The Morgan fingerprint density at radius 3 is 2.47 bits per heavy atom. The molecule has 78 valence electrons. The zero-order valence-corrected chi connectivity index (χ0v) is 10.9. The molecule has 0 saturated heterocycles. The predicted molar refractivity (Wildman–Crippen MR) is 70.2 cm³/mol. The van der Waals surface area contributed by atoms with E-state index in [0.717, 1.165) is 6.54 Å². The maximum atomic E-state index is 3.55. The molecule has 0 spiro atoms. The molecule has 0 aliphatic carbocycles. The lowest BCUT2D eigenvalue weighted by Gasteiger charge is -2.02. The minimum absolute atomic E-state index is 0.922. The molecule has 0 radical (unpaired) electrons. The molecule has 15 heavy (non-hydrogen) atoms. The number of rotatable bonds is 3. The fourth-order valence-corrected chi connectivity index (χ4v) is 3.03. The third-order valence-electron chi connectivity index (χ3n) is 2.26. The standard InChI is InChI=1S/C12H12BrNS/c1-14-6-9-2-4-10(5-3-9)11-7-15-8-12(11)13/h2-5,7-8,14H,6H2,1H3. The molecule has 0 unspecified atom stereocenters. The smallest absolute Gasteiger partial charge is 0.0360 e. The SMILES string of the molecule is CNCc1ccc(-c2cscc2Br)cc1. The Morgan fingerprint density at radius 1 is 1.20 bits per heavy atom. The van der Waals surface area contributed by atoms with Crippen LogP contribution in [0.3, 0.4) is 0 Å². The molecule has 0 aliphatic heterocycles. The Labute approximate surface area is 102 Å². The number of nitrogens with one attached hydrogen (secondary N) is 1. The average Bonchev–Trinajstić information content (AvgIpc) is 2.66. The molecule has 0 fully saturated rings. The minimum atomic E-state index is 0.922. The lowest BCUT2D eigenvalue weighted by molar-refractivity contribution is 0.818. The van der Waals surface area contributed by atoms with Crippen molar-refractivity contribution in [3.8, 4) is 11.1 Å². The van der Waals surface area contributed by atoms with Gasteiger partial charge in [-0.2, -0.15) is 11.3 Å². The van der Waals surface area contributed by atoms with Crippen LogP contribution in [0.4, 0.5) is 0 Å². The van der Waals surface area contributed by atoms with Crippen LogP contribution in [0.1, 0.15) is 5.56 Å². The van der Waals surface area contributed by atoms with Crippen molar-refractivity contribution in [3.63, 3.8) is 0 Å². The first-order valence-electron chi connectivity index (χ1n) is 4.77. The lowest BCUT2D eigenvalue weighted by atomic mass is 10.1. The van der Waals surface area contributed by atoms with E-state index in [1.54, 1.807) is 11.3 Å². The van der Waals surface area contributed by atoms with Gasteiger partial charge in [-0.25, -0.2) is 0 Å². The Kier molecular flexibility index (Phi) is 3.57. The van der Waals surface area contributed by atoms with Crippen LogP contribution in [0.25, 0.3) is 11.1 Å². The molecule has 1 aromatic carbocycles. The van der Waals surface area contributed by atoms with Crippen LogP contribution in [0.5, 0.6) is 0 Å². The van der Waals surface area contributed by atoms with Gasteiger partial charge in [0.1, 0.15) is 0 Å². The first-order valence-corrected chi connectivity index (χ1v) is 6.50. The van der Waals surface area contributed by atoms with Crippen molar-refractivity contribution in [3.05, 3.63) is 45.1 Å². The molecule has 2 aromatic rings. The van der Waals surface area contributed by atoms with Crippen molar-refractivity contribution in [2.24, 2.45) is 0 Å². The second-order valence-electron chi connectivity index (χ2n) is 3.36.